The van der Waals surface area contributed by atoms with Crippen molar-refractivity contribution in [2.75, 3.05) is 17.1 Å². The van der Waals surface area contributed by atoms with E-state index in [-0.39, 0.29) is 27.4 Å². The molecule has 0 aromatic heterocycles. The van der Waals surface area contributed by atoms with Crippen molar-refractivity contribution in [3.8, 4) is 5.75 Å². The number of para-hydroxylation sites is 1. The van der Waals surface area contributed by atoms with Crippen molar-refractivity contribution in [1.82, 2.24) is 0 Å². The van der Waals surface area contributed by atoms with Crippen LogP contribution in [0.2, 0.25) is 0 Å². The van der Waals surface area contributed by atoms with Gasteiger partial charge in [-0.3, -0.25) is 9.52 Å². The lowest BCUT2D eigenvalue weighted by atomic mass is 10.1. The van der Waals surface area contributed by atoms with Crippen LogP contribution < -0.4 is 10.0 Å². The number of methoxy groups -OCH3 is 1. The van der Waals surface area contributed by atoms with E-state index in [0.717, 1.165) is 0 Å². The van der Waals surface area contributed by atoms with Crippen molar-refractivity contribution < 1.29 is 27.9 Å². The zero-order chi connectivity index (χ0) is 21.7. The van der Waals surface area contributed by atoms with Crippen LogP contribution in [0, 0.1) is 0 Å². The molecule has 0 aliphatic rings. The topological polar surface area (TPSA) is 122 Å². The molecular weight excluding hydrogens is 408 g/mol. The Balaban J connectivity index is 1.81. The molecular formula is C21H18N2O6S. The van der Waals surface area contributed by atoms with E-state index in [2.05, 4.69) is 14.8 Å². The lowest BCUT2D eigenvalue weighted by Gasteiger charge is -2.12. The van der Waals surface area contributed by atoms with E-state index < -0.39 is 27.6 Å². The van der Waals surface area contributed by atoms with Crippen molar-refractivity contribution in [3.63, 3.8) is 0 Å². The van der Waals surface area contributed by atoms with Crippen LogP contribution in [-0.4, -0.2) is 32.5 Å². The summed E-state index contributed by atoms with van der Waals surface area (Å²) < 4.78 is 31.9. The second kappa shape index (κ2) is 8.66. The quantitative estimate of drug-likeness (QED) is 0.411. The van der Waals surface area contributed by atoms with Gasteiger partial charge in [-0.2, -0.15) is 0 Å². The van der Waals surface area contributed by atoms with Crippen molar-refractivity contribution >= 4 is 33.3 Å². The first-order valence-corrected chi connectivity index (χ1v) is 10.2. The maximum atomic E-state index is 12.6. The van der Waals surface area contributed by atoms with E-state index >= 15 is 0 Å². The highest BCUT2D eigenvalue weighted by Crippen LogP contribution is 2.28. The number of phenols is 1. The monoisotopic (exact) mass is 426 g/mol. The fourth-order valence-corrected chi connectivity index (χ4v) is 3.72. The van der Waals surface area contributed by atoms with Crippen LogP contribution in [-0.2, 0) is 14.8 Å². The summed E-state index contributed by atoms with van der Waals surface area (Å²) in [7, 11) is -2.64. The van der Waals surface area contributed by atoms with Crippen LogP contribution in [0.5, 0.6) is 5.75 Å². The van der Waals surface area contributed by atoms with E-state index in [0.29, 0.717) is 0 Å². The molecule has 0 atom stereocenters. The molecule has 1 amide bonds. The average Bonchev–Trinajstić information content (AvgIpc) is 2.75. The Kier molecular flexibility index (Phi) is 6.03. The van der Waals surface area contributed by atoms with E-state index in [4.69, 9.17) is 0 Å². The van der Waals surface area contributed by atoms with Gasteiger partial charge in [0.1, 0.15) is 5.56 Å². The Morgan fingerprint density at radius 1 is 0.933 bits per heavy atom. The standard InChI is InChI=1S/C21H18N2O6S/c1-29-21(26)17-11-6-12-18(19(17)24)22-20(25)14-7-5-8-15(13-14)23-30(27,28)16-9-3-2-4-10-16/h2-13,23-24H,1H3,(H,22,25). The van der Waals surface area contributed by atoms with Gasteiger partial charge in [0, 0.05) is 11.3 Å². The average molecular weight is 426 g/mol. The van der Waals surface area contributed by atoms with Crippen molar-refractivity contribution in [2.24, 2.45) is 0 Å². The number of esters is 1. The lowest BCUT2D eigenvalue weighted by molar-refractivity contribution is 0.0597. The summed E-state index contributed by atoms with van der Waals surface area (Å²) in [5.41, 5.74) is 0.253. The second-order valence-electron chi connectivity index (χ2n) is 6.15. The number of phenolic OH excluding ortho intramolecular Hbond substituents is 1. The third-order valence-corrected chi connectivity index (χ3v) is 5.52. The first kappa shape index (κ1) is 20.9. The van der Waals surface area contributed by atoms with Gasteiger partial charge < -0.3 is 15.2 Å². The molecule has 3 aromatic carbocycles. The smallest absolute Gasteiger partial charge is 0.341 e. The number of ether oxygens (including phenoxy) is 1. The Labute approximate surface area is 173 Å². The van der Waals surface area contributed by atoms with Gasteiger partial charge in [0.15, 0.2) is 5.75 Å². The van der Waals surface area contributed by atoms with Gasteiger partial charge in [0.2, 0.25) is 0 Å². The number of carbonyl (C=O) groups excluding carboxylic acids is 2. The minimum Gasteiger partial charge on any atom is -0.505 e. The Bertz CT molecular complexity index is 1190. The van der Waals surface area contributed by atoms with E-state index in [1.54, 1.807) is 18.2 Å². The zero-order valence-corrected chi connectivity index (χ0v) is 16.6. The van der Waals surface area contributed by atoms with Crippen LogP contribution in [0.15, 0.2) is 77.7 Å². The third-order valence-electron chi connectivity index (χ3n) is 4.12. The van der Waals surface area contributed by atoms with Gasteiger partial charge in [-0.1, -0.05) is 30.3 Å². The number of anilines is 2. The number of benzene rings is 3. The molecule has 0 heterocycles. The molecule has 0 bridgehead atoms. The normalized spacial score (nSPS) is 10.8. The van der Waals surface area contributed by atoms with Crippen LogP contribution in [0.3, 0.4) is 0 Å². The number of aromatic hydroxyl groups is 1. The fraction of sp³-hybridized carbons (Fsp3) is 0.0476. The number of nitrogens with one attached hydrogen (secondary N) is 2. The highest BCUT2D eigenvalue weighted by Gasteiger charge is 2.18. The minimum absolute atomic E-state index is 0.0122. The van der Waals surface area contributed by atoms with Crippen molar-refractivity contribution in [1.29, 1.82) is 0 Å². The third kappa shape index (κ3) is 4.58. The molecule has 0 aliphatic carbocycles. The maximum absolute atomic E-state index is 12.6. The molecule has 0 fully saturated rings. The zero-order valence-electron chi connectivity index (χ0n) is 15.8. The highest BCUT2D eigenvalue weighted by atomic mass is 32.2. The van der Waals surface area contributed by atoms with Crippen LogP contribution in [0.1, 0.15) is 20.7 Å². The van der Waals surface area contributed by atoms with E-state index in [1.807, 2.05) is 0 Å². The summed E-state index contributed by atoms with van der Waals surface area (Å²) in [6.07, 6.45) is 0. The molecule has 0 saturated carbocycles. The Hall–Kier alpha value is -3.85. The first-order chi connectivity index (χ1) is 14.3. The fourth-order valence-electron chi connectivity index (χ4n) is 2.65. The molecule has 154 valence electrons. The van der Waals surface area contributed by atoms with Gasteiger partial charge in [0.25, 0.3) is 15.9 Å². The number of amides is 1. The van der Waals surface area contributed by atoms with Crippen LogP contribution in [0.4, 0.5) is 11.4 Å². The van der Waals surface area contributed by atoms with Crippen molar-refractivity contribution in [3.05, 3.63) is 83.9 Å². The number of hydrogen-bond acceptors (Lipinski definition) is 6. The largest absolute Gasteiger partial charge is 0.505 e. The van der Waals surface area contributed by atoms with Gasteiger partial charge in [-0.25, -0.2) is 13.2 Å². The lowest BCUT2D eigenvalue weighted by Crippen LogP contribution is -2.15. The molecule has 0 aliphatic heterocycles. The van der Waals surface area contributed by atoms with E-state index in [9.17, 15) is 23.1 Å². The number of sulfonamides is 1. The SMILES string of the molecule is COC(=O)c1cccc(NC(=O)c2cccc(NS(=O)(=O)c3ccccc3)c2)c1O. The molecule has 9 heteroatoms. The highest BCUT2D eigenvalue weighted by molar-refractivity contribution is 7.92. The molecule has 30 heavy (non-hydrogen) atoms. The number of rotatable bonds is 6. The molecule has 3 aromatic rings. The Morgan fingerprint density at radius 2 is 1.63 bits per heavy atom. The van der Waals surface area contributed by atoms with Crippen LogP contribution >= 0.6 is 0 Å². The molecule has 0 saturated heterocycles. The van der Waals surface area contributed by atoms with Gasteiger partial charge in [-0.15, -0.1) is 0 Å². The minimum atomic E-state index is -3.81. The summed E-state index contributed by atoms with van der Waals surface area (Å²) >= 11 is 0. The summed E-state index contributed by atoms with van der Waals surface area (Å²) in [6, 6.07) is 17.9. The van der Waals surface area contributed by atoms with Gasteiger partial charge in [0.05, 0.1) is 17.7 Å². The molecule has 3 N–H and O–H groups in total. The Morgan fingerprint density at radius 3 is 2.33 bits per heavy atom. The number of hydrogen-bond donors (Lipinski definition) is 3. The number of carbonyl (C=O) groups is 2. The first-order valence-electron chi connectivity index (χ1n) is 8.71. The predicted octanol–water partition coefficient (Wildman–Crippen LogP) is 3.23. The predicted molar refractivity (Wildman–Crippen MR) is 111 cm³/mol. The molecule has 8 nitrogen and oxygen atoms in total. The molecule has 3 rings (SSSR count). The summed E-state index contributed by atoms with van der Waals surface area (Å²) in [4.78, 5) is 24.4. The van der Waals surface area contributed by atoms with Gasteiger partial charge in [-0.05, 0) is 42.5 Å². The van der Waals surface area contributed by atoms with Crippen LogP contribution in [0.25, 0.3) is 0 Å². The maximum Gasteiger partial charge on any atom is 0.341 e. The summed E-state index contributed by atoms with van der Waals surface area (Å²) in [6.45, 7) is 0. The van der Waals surface area contributed by atoms with E-state index in [1.165, 1.54) is 61.7 Å². The summed E-state index contributed by atoms with van der Waals surface area (Å²) in [5.74, 6) is -1.78. The molecule has 0 radical (unpaired) electrons. The molecule has 0 unspecified atom stereocenters. The second-order valence-corrected chi connectivity index (χ2v) is 7.83. The van der Waals surface area contributed by atoms with Gasteiger partial charge >= 0.3 is 5.97 Å². The van der Waals surface area contributed by atoms with Crippen molar-refractivity contribution in [2.45, 2.75) is 4.90 Å². The summed E-state index contributed by atoms with van der Waals surface area (Å²) in [5, 5.41) is 12.7. The molecule has 0 spiro atoms.